The smallest absolute Gasteiger partial charge is 0.184 e. The van der Waals surface area contributed by atoms with E-state index >= 15 is 0 Å². The minimum Gasteiger partial charge on any atom is -0.311 e. The van der Waals surface area contributed by atoms with E-state index in [1.54, 1.807) is 0 Å². The minimum atomic E-state index is -0.387. The summed E-state index contributed by atoms with van der Waals surface area (Å²) in [6, 6.07) is 3.44. The zero-order valence-corrected chi connectivity index (χ0v) is 10.2. The van der Waals surface area contributed by atoms with Gasteiger partial charge in [0.05, 0.1) is 0 Å². The monoisotopic (exact) mass is 248 g/mol. The summed E-state index contributed by atoms with van der Waals surface area (Å²) in [4.78, 5) is 16.3. The first-order valence-corrected chi connectivity index (χ1v) is 6.64. The van der Waals surface area contributed by atoms with Crippen LogP contribution in [0.3, 0.4) is 0 Å². The van der Waals surface area contributed by atoms with Gasteiger partial charge < -0.3 is 5.32 Å². The fraction of sp³-hybridized carbons (Fsp3) is 0.571. The Kier molecular flexibility index (Phi) is 3.12. The van der Waals surface area contributed by atoms with E-state index in [1.807, 2.05) is 0 Å². The molecule has 0 aliphatic carbocycles. The summed E-state index contributed by atoms with van der Waals surface area (Å²) in [5.74, 6) is -0.369. The quantitative estimate of drug-likeness (QED) is 0.817. The van der Waals surface area contributed by atoms with Crippen LogP contribution in [0.2, 0.25) is 0 Å². The Labute approximate surface area is 106 Å². The van der Waals surface area contributed by atoms with Crippen molar-refractivity contribution in [2.75, 3.05) is 0 Å². The van der Waals surface area contributed by atoms with E-state index in [0.29, 0.717) is 12.1 Å². The maximum atomic E-state index is 13.1. The van der Waals surface area contributed by atoms with E-state index in [9.17, 15) is 9.18 Å². The molecule has 1 aromatic rings. The molecule has 3 rings (SSSR count). The summed E-state index contributed by atoms with van der Waals surface area (Å²) in [6.07, 6.45) is 6.65. The number of rotatable bonds is 2. The van der Waals surface area contributed by atoms with Crippen LogP contribution in [0.1, 0.15) is 42.6 Å². The molecule has 0 radical (unpaired) electrons. The number of carbonyl (C=O) groups excluding carboxylic acids is 1. The van der Waals surface area contributed by atoms with Gasteiger partial charge in [0.15, 0.2) is 5.78 Å². The van der Waals surface area contributed by atoms with Crippen molar-refractivity contribution >= 4 is 5.78 Å². The predicted octanol–water partition coefficient (Wildman–Crippen LogP) is 2.32. The van der Waals surface area contributed by atoms with Gasteiger partial charge in [0.2, 0.25) is 0 Å². The van der Waals surface area contributed by atoms with Gasteiger partial charge in [-0.1, -0.05) is 6.42 Å². The van der Waals surface area contributed by atoms with E-state index in [0.717, 1.165) is 25.7 Å². The van der Waals surface area contributed by atoms with Gasteiger partial charge in [-0.2, -0.15) is 0 Å². The highest BCUT2D eigenvalue weighted by molar-refractivity contribution is 5.96. The number of halogens is 1. The van der Waals surface area contributed by atoms with E-state index in [2.05, 4.69) is 10.3 Å². The summed E-state index contributed by atoms with van der Waals surface area (Å²) in [5, 5.41) is 3.55. The van der Waals surface area contributed by atoms with Crippen molar-refractivity contribution in [2.24, 2.45) is 5.92 Å². The first-order chi connectivity index (χ1) is 8.72. The second-order valence-electron chi connectivity index (χ2n) is 5.38. The lowest BCUT2D eigenvalue weighted by Gasteiger charge is -2.39. The second-order valence-corrected chi connectivity index (χ2v) is 5.38. The Balaban J connectivity index is 1.76. The number of piperidine rings is 2. The van der Waals surface area contributed by atoms with Crippen molar-refractivity contribution in [3.8, 4) is 0 Å². The number of aromatic nitrogens is 1. The minimum absolute atomic E-state index is 0.00731. The molecule has 0 saturated carbocycles. The van der Waals surface area contributed by atoms with Crippen molar-refractivity contribution in [2.45, 2.75) is 44.2 Å². The Bertz CT molecular complexity index is 451. The zero-order valence-electron chi connectivity index (χ0n) is 10.2. The molecule has 1 N–H and O–H groups in total. The number of ketones is 1. The molecule has 4 heteroatoms. The van der Waals surface area contributed by atoms with Crippen molar-refractivity contribution in [1.29, 1.82) is 0 Å². The number of nitrogens with zero attached hydrogens (tertiary/aromatic N) is 1. The Morgan fingerprint density at radius 2 is 2.06 bits per heavy atom. The maximum absolute atomic E-state index is 13.1. The Morgan fingerprint density at radius 3 is 2.72 bits per heavy atom. The topological polar surface area (TPSA) is 42.0 Å². The molecule has 2 unspecified atom stereocenters. The zero-order chi connectivity index (χ0) is 12.5. The number of hydrogen-bond acceptors (Lipinski definition) is 3. The third-order valence-electron chi connectivity index (χ3n) is 4.06. The molecular formula is C14H17FN2O. The van der Waals surface area contributed by atoms with Gasteiger partial charge >= 0.3 is 0 Å². The fourth-order valence-corrected chi connectivity index (χ4v) is 3.23. The molecule has 0 aromatic carbocycles. The highest BCUT2D eigenvalue weighted by Gasteiger charge is 2.35. The van der Waals surface area contributed by atoms with Crippen molar-refractivity contribution in [3.05, 3.63) is 29.8 Å². The molecule has 96 valence electrons. The molecule has 2 aliphatic rings. The lowest BCUT2D eigenvalue weighted by molar-refractivity contribution is 0.0819. The first kappa shape index (κ1) is 11.8. The normalized spacial score (nSPS) is 31.1. The van der Waals surface area contributed by atoms with E-state index in [1.165, 1.54) is 24.8 Å². The van der Waals surface area contributed by atoms with Gasteiger partial charge in [-0.25, -0.2) is 4.39 Å². The largest absolute Gasteiger partial charge is 0.311 e. The standard InChI is InChI=1S/C14H17FN2O/c15-10-4-5-16-13(8-10)14(18)9-6-11-2-1-3-12(7-9)17-11/h4-5,8-9,11-12,17H,1-3,6-7H2. The van der Waals surface area contributed by atoms with Crippen LogP contribution < -0.4 is 5.32 Å². The van der Waals surface area contributed by atoms with E-state index in [4.69, 9.17) is 0 Å². The molecule has 2 fully saturated rings. The highest BCUT2D eigenvalue weighted by atomic mass is 19.1. The molecular weight excluding hydrogens is 231 g/mol. The van der Waals surface area contributed by atoms with Crippen LogP contribution in [0.4, 0.5) is 4.39 Å². The highest BCUT2D eigenvalue weighted by Crippen LogP contribution is 2.31. The van der Waals surface area contributed by atoms with E-state index < -0.39 is 0 Å². The summed E-state index contributed by atoms with van der Waals surface area (Å²) < 4.78 is 13.1. The molecule has 18 heavy (non-hydrogen) atoms. The van der Waals surface area contributed by atoms with Crippen molar-refractivity contribution in [3.63, 3.8) is 0 Å². The molecule has 3 nitrogen and oxygen atoms in total. The lowest BCUT2D eigenvalue weighted by atomic mass is 9.78. The SMILES string of the molecule is O=C(c1cc(F)ccn1)C1CC2CCCC(C1)N2. The van der Waals surface area contributed by atoms with Gasteiger partial charge in [-0.15, -0.1) is 0 Å². The molecule has 3 heterocycles. The number of carbonyl (C=O) groups is 1. The van der Waals surface area contributed by atoms with Crippen LogP contribution in [0.15, 0.2) is 18.3 Å². The number of Topliss-reactive ketones (excluding diaryl/α,β-unsaturated/α-hetero) is 1. The summed E-state index contributed by atoms with van der Waals surface area (Å²) >= 11 is 0. The van der Waals surface area contributed by atoms with Crippen LogP contribution in [0.5, 0.6) is 0 Å². The molecule has 2 bridgehead atoms. The molecule has 2 aliphatic heterocycles. The van der Waals surface area contributed by atoms with Gasteiger partial charge in [0.1, 0.15) is 11.5 Å². The lowest BCUT2D eigenvalue weighted by Crippen LogP contribution is -2.50. The summed E-state index contributed by atoms with van der Waals surface area (Å²) in [5.41, 5.74) is 0.278. The van der Waals surface area contributed by atoms with Crippen molar-refractivity contribution < 1.29 is 9.18 Å². The number of fused-ring (bicyclic) bond motifs is 2. The Morgan fingerprint density at radius 1 is 1.33 bits per heavy atom. The van der Waals surface area contributed by atoms with Crippen LogP contribution >= 0.6 is 0 Å². The van der Waals surface area contributed by atoms with Crippen LogP contribution in [-0.4, -0.2) is 22.9 Å². The Hall–Kier alpha value is -1.29. The molecule has 0 spiro atoms. The third-order valence-corrected chi connectivity index (χ3v) is 4.06. The van der Waals surface area contributed by atoms with Gasteiger partial charge in [0, 0.05) is 30.3 Å². The third kappa shape index (κ3) is 2.29. The summed E-state index contributed by atoms with van der Waals surface area (Å²) in [6.45, 7) is 0. The molecule has 2 atom stereocenters. The molecule has 0 amide bonds. The number of nitrogens with one attached hydrogen (secondary N) is 1. The maximum Gasteiger partial charge on any atom is 0.184 e. The molecule has 1 aromatic heterocycles. The predicted molar refractivity (Wildman–Crippen MR) is 65.8 cm³/mol. The second kappa shape index (κ2) is 4.76. The fourth-order valence-electron chi connectivity index (χ4n) is 3.23. The summed E-state index contributed by atoms with van der Waals surface area (Å²) in [7, 11) is 0. The van der Waals surface area contributed by atoms with Gasteiger partial charge in [-0.3, -0.25) is 9.78 Å². The van der Waals surface area contributed by atoms with Crippen LogP contribution in [0, 0.1) is 11.7 Å². The average Bonchev–Trinajstić information content (AvgIpc) is 2.37. The van der Waals surface area contributed by atoms with Gasteiger partial charge in [-0.05, 0) is 31.7 Å². The average molecular weight is 248 g/mol. The number of hydrogen-bond donors (Lipinski definition) is 1. The van der Waals surface area contributed by atoms with E-state index in [-0.39, 0.29) is 23.2 Å². The van der Waals surface area contributed by atoms with Crippen molar-refractivity contribution in [1.82, 2.24) is 10.3 Å². The first-order valence-electron chi connectivity index (χ1n) is 6.64. The van der Waals surface area contributed by atoms with Crippen LogP contribution in [0.25, 0.3) is 0 Å². The van der Waals surface area contributed by atoms with Gasteiger partial charge in [0.25, 0.3) is 0 Å². The molecule has 2 saturated heterocycles. The number of pyridine rings is 1. The van der Waals surface area contributed by atoms with Crippen LogP contribution in [-0.2, 0) is 0 Å².